The molecule has 7 heteroatoms. The van der Waals surface area contributed by atoms with E-state index < -0.39 is 17.8 Å². The van der Waals surface area contributed by atoms with Gasteiger partial charge in [0.25, 0.3) is 5.91 Å². The van der Waals surface area contributed by atoms with Crippen LogP contribution >= 0.6 is 0 Å². The minimum Gasteiger partial charge on any atom is -0.452 e. The van der Waals surface area contributed by atoms with E-state index in [9.17, 15) is 14.4 Å². The van der Waals surface area contributed by atoms with Crippen molar-refractivity contribution in [2.45, 2.75) is 39.8 Å². The van der Waals surface area contributed by atoms with Crippen LogP contribution in [-0.4, -0.2) is 29.1 Å². The van der Waals surface area contributed by atoms with Gasteiger partial charge in [0.05, 0.1) is 11.9 Å². The molecule has 1 atom stereocenters. The number of nitrogens with zero attached hydrogens (tertiary/aromatic N) is 1. The average molecular weight is 334 g/mol. The van der Waals surface area contributed by atoms with Crippen molar-refractivity contribution in [1.82, 2.24) is 9.88 Å². The fraction of sp³-hybridized carbons (Fsp3) is 0.471. The number of hydrogen-bond acceptors (Lipinski definition) is 5. The second-order valence-electron chi connectivity index (χ2n) is 6.01. The number of ether oxygens (including phenoxy) is 1. The molecule has 1 heterocycles. The van der Waals surface area contributed by atoms with E-state index in [0.717, 1.165) is 0 Å². The van der Waals surface area contributed by atoms with E-state index in [4.69, 9.17) is 9.15 Å². The van der Waals surface area contributed by atoms with Crippen LogP contribution in [0.4, 0.5) is 0 Å². The lowest BCUT2D eigenvalue weighted by molar-refractivity contribution is -0.155. The highest BCUT2D eigenvalue weighted by Crippen LogP contribution is 2.12. The highest BCUT2D eigenvalue weighted by molar-refractivity contribution is 5.83. The standard InChI is InChI=1S/C17H22N2O5/c1-11(2)10-18-16(21)12(3)23-15(20)8-9-19-13-6-4-5-7-14(13)24-17(19)22/h4-7,11-12H,8-10H2,1-3H3,(H,18,21)/t12-/m1/s1. The number of oxazole rings is 1. The van der Waals surface area contributed by atoms with E-state index in [1.54, 1.807) is 24.3 Å². The quantitative estimate of drug-likeness (QED) is 0.778. The topological polar surface area (TPSA) is 90.5 Å². The van der Waals surface area contributed by atoms with Crippen LogP contribution in [0, 0.1) is 5.92 Å². The van der Waals surface area contributed by atoms with Crippen molar-refractivity contribution in [3.8, 4) is 0 Å². The third-order valence-corrected chi connectivity index (χ3v) is 3.48. The van der Waals surface area contributed by atoms with Gasteiger partial charge in [-0.1, -0.05) is 26.0 Å². The zero-order valence-electron chi connectivity index (χ0n) is 14.1. The highest BCUT2D eigenvalue weighted by atomic mass is 16.5. The molecular formula is C17H22N2O5. The van der Waals surface area contributed by atoms with Gasteiger partial charge in [-0.15, -0.1) is 0 Å². The molecule has 0 bridgehead atoms. The van der Waals surface area contributed by atoms with Crippen molar-refractivity contribution in [3.63, 3.8) is 0 Å². The minimum atomic E-state index is -0.867. The van der Waals surface area contributed by atoms with Crippen molar-refractivity contribution in [1.29, 1.82) is 0 Å². The molecule has 0 unspecified atom stereocenters. The lowest BCUT2D eigenvalue weighted by Gasteiger charge is -2.14. The van der Waals surface area contributed by atoms with Gasteiger partial charge in [0.2, 0.25) is 0 Å². The molecule has 2 rings (SSSR count). The molecule has 130 valence electrons. The molecule has 0 saturated heterocycles. The number of benzene rings is 1. The Hall–Kier alpha value is -2.57. The molecule has 0 spiro atoms. The van der Waals surface area contributed by atoms with Crippen LogP contribution in [-0.2, 0) is 20.9 Å². The maximum absolute atomic E-state index is 11.9. The summed E-state index contributed by atoms with van der Waals surface area (Å²) in [6, 6.07) is 6.98. The molecule has 1 aromatic carbocycles. The predicted molar refractivity (Wildman–Crippen MR) is 88.5 cm³/mol. The number of carbonyl (C=O) groups excluding carboxylic acids is 2. The summed E-state index contributed by atoms with van der Waals surface area (Å²) in [6.45, 7) is 6.13. The number of aromatic nitrogens is 1. The Morgan fingerprint density at radius 1 is 1.25 bits per heavy atom. The van der Waals surface area contributed by atoms with Crippen molar-refractivity contribution < 1.29 is 18.7 Å². The second kappa shape index (κ2) is 7.81. The molecule has 1 N–H and O–H groups in total. The molecular weight excluding hydrogens is 312 g/mol. The summed E-state index contributed by atoms with van der Waals surface area (Å²) in [7, 11) is 0. The van der Waals surface area contributed by atoms with Gasteiger partial charge < -0.3 is 14.5 Å². The summed E-state index contributed by atoms with van der Waals surface area (Å²) in [5, 5.41) is 2.70. The minimum absolute atomic E-state index is 0.0226. The molecule has 2 aromatic rings. The molecule has 0 aliphatic heterocycles. The van der Waals surface area contributed by atoms with Crippen LogP contribution in [0.3, 0.4) is 0 Å². The van der Waals surface area contributed by atoms with Gasteiger partial charge in [-0.3, -0.25) is 14.2 Å². The maximum Gasteiger partial charge on any atom is 0.419 e. The number of nitrogens with one attached hydrogen (secondary N) is 1. The van der Waals surface area contributed by atoms with Crippen LogP contribution in [0.5, 0.6) is 0 Å². The summed E-state index contributed by atoms with van der Waals surface area (Å²) in [6.07, 6.45) is -0.889. The lowest BCUT2D eigenvalue weighted by Crippen LogP contribution is -2.37. The third-order valence-electron chi connectivity index (χ3n) is 3.48. The van der Waals surface area contributed by atoms with Gasteiger partial charge in [0.1, 0.15) is 0 Å². The monoisotopic (exact) mass is 334 g/mol. The normalized spacial score (nSPS) is 12.3. The number of esters is 1. The van der Waals surface area contributed by atoms with Crippen molar-refractivity contribution >= 4 is 23.0 Å². The average Bonchev–Trinajstić information content (AvgIpc) is 2.85. The summed E-state index contributed by atoms with van der Waals surface area (Å²) in [4.78, 5) is 35.5. The fourth-order valence-electron chi connectivity index (χ4n) is 2.19. The van der Waals surface area contributed by atoms with E-state index in [1.807, 2.05) is 13.8 Å². The van der Waals surface area contributed by atoms with Crippen LogP contribution in [0.15, 0.2) is 33.5 Å². The van der Waals surface area contributed by atoms with Crippen LogP contribution in [0.2, 0.25) is 0 Å². The number of rotatable bonds is 7. The van der Waals surface area contributed by atoms with Gasteiger partial charge in [-0.2, -0.15) is 0 Å². The van der Waals surface area contributed by atoms with Crippen LogP contribution in [0.1, 0.15) is 27.2 Å². The first-order valence-electron chi connectivity index (χ1n) is 7.94. The Morgan fingerprint density at radius 3 is 2.67 bits per heavy atom. The first-order chi connectivity index (χ1) is 11.4. The summed E-state index contributed by atoms with van der Waals surface area (Å²) >= 11 is 0. The number of carbonyl (C=O) groups is 2. The Morgan fingerprint density at radius 2 is 1.96 bits per heavy atom. The molecule has 7 nitrogen and oxygen atoms in total. The zero-order chi connectivity index (χ0) is 17.7. The molecule has 1 amide bonds. The van der Waals surface area contributed by atoms with Crippen molar-refractivity contribution in [3.05, 3.63) is 34.8 Å². The van der Waals surface area contributed by atoms with E-state index in [2.05, 4.69) is 5.32 Å². The van der Waals surface area contributed by atoms with Gasteiger partial charge in [-0.25, -0.2) is 4.79 Å². The van der Waals surface area contributed by atoms with Gasteiger partial charge in [0, 0.05) is 13.1 Å². The number of amides is 1. The summed E-state index contributed by atoms with van der Waals surface area (Å²) < 4.78 is 11.6. The smallest absolute Gasteiger partial charge is 0.419 e. The lowest BCUT2D eigenvalue weighted by atomic mass is 10.2. The third kappa shape index (κ3) is 4.47. The molecule has 0 aliphatic rings. The highest BCUT2D eigenvalue weighted by Gasteiger charge is 2.18. The van der Waals surface area contributed by atoms with Crippen molar-refractivity contribution in [2.24, 2.45) is 5.92 Å². The Bertz CT molecular complexity index is 775. The molecule has 0 fully saturated rings. The Balaban J connectivity index is 1.89. The van der Waals surface area contributed by atoms with Gasteiger partial charge in [-0.05, 0) is 25.0 Å². The number of fused-ring (bicyclic) bond motifs is 1. The van der Waals surface area contributed by atoms with E-state index in [1.165, 1.54) is 11.5 Å². The first-order valence-corrected chi connectivity index (χ1v) is 7.94. The largest absolute Gasteiger partial charge is 0.452 e. The Kier molecular flexibility index (Phi) is 5.78. The maximum atomic E-state index is 11.9. The van der Waals surface area contributed by atoms with E-state index in [0.29, 0.717) is 23.6 Å². The molecule has 24 heavy (non-hydrogen) atoms. The van der Waals surface area contributed by atoms with Gasteiger partial charge >= 0.3 is 11.7 Å². The summed E-state index contributed by atoms with van der Waals surface area (Å²) in [5.41, 5.74) is 1.09. The van der Waals surface area contributed by atoms with Crippen LogP contribution in [0.25, 0.3) is 11.1 Å². The molecule has 0 radical (unpaired) electrons. The summed E-state index contributed by atoms with van der Waals surface area (Å²) in [5.74, 6) is -1.08. The Labute approximate surface area is 139 Å². The van der Waals surface area contributed by atoms with E-state index >= 15 is 0 Å². The molecule has 0 saturated carbocycles. The van der Waals surface area contributed by atoms with Gasteiger partial charge in [0.15, 0.2) is 11.7 Å². The number of aryl methyl sites for hydroxylation is 1. The zero-order valence-corrected chi connectivity index (χ0v) is 14.1. The SMILES string of the molecule is CC(C)CNC(=O)[C@@H](C)OC(=O)CCn1c(=O)oc2ccccc21. The number of para-hydroxylation sites is 2. The van der Waals surface area contributed by atoms with E-state index in [-0.39, 0.29) is 18.9 Å². The predicted octanol–water partition coefficient (Wildman–Crippen LogP) is 1.69. The fourth-order valence-corrected chi connectivity index (χ4v) is 2.19. The van der Waals surface area contributed by atoms with Crippen LogP contribution < -0.4 is 11.1 Å². The first kappa shape index (κ1) is 17.8. The molecule has 0 aliphatic carbocycles. The second-order valence-corrected chi connectivity index (χ2v) is 6.01. The number of hydrogen-bond donors (Lipinski definition) is 1. The van der Waals surface area contributed by atoms with Crippen molar-refractivity contribution in [2.75, 3.05) is 6.54 Å². The molecule has 1 aromatic heterocycles.